The minimum Gasteiger partial charge on any atom is -0.346 e. The van der Waals surface area contributed by atoms with E-state index in [1.54, 1.807) is 4.90 Å². The van der Waals surface area contributed by atoms with Crippen molar-refractivity contribution in [3.8, 4) is 0 Å². The van der Waals surface area contributed by atoms with Crippen molar-refractivity contribution in [2.75, 3.05) is 23.4 Å². The molecule has 0 bridgehead atoms. The molecule has 1 amide bonds. The predicted octanol–water partition coefficient (Wildman–Crippen LogP) is 1.77. The predicted molar refractivity (Wildman–Crippen MR) is 66.5 cm³/mol. The Morgan fingerprint density at radius 1 is 1.42 bits per heavy atom. The number of hydrogen-bond acceptors (Lipinski definition) is 3. The number of aromatic amines is 1. The van der Waals surface area contributed by atoms with E-state index in [4.69, 9.17) is 0 Å². The largest absolute Gasteiger partial charge is 0.346 e. The van der Waals surface area contributed by atoms with Crippen LogP contribution in [0.15, 0.2) is 6.20 Å². The van der Waals surface area contributed by atoms with Crippen LogP contribution in [0.1, 0.15) is 25.7 Å². The third-order valence-electron chi connectivity index (χ3n) is 4.00. The quantitative estimate of drug-likeness (QED) is 0.846. The Morgan fingerprint density at radius 3 is 2.79 bits per heavy atom. The Hall–Kier alpha value is -1.66. The van der Waals surface area contributed by atoms with Gasteiger partial charge in [-0.25, -0.2) is 0 Å². The molecule has 1 aromatic heterocycles. The molecule has 2 aliphatic rings. The Balaban J connectivity index is 2.04. The zero-order valence-corrected chi connectivity index (χ0v) is 10.7. The molecule has 0 unspecified atom stereocenters. The summed E-state index contributed by atoms with van der Waals surface area (Å²) >= 11 is 0. The molecular weight excluding hydrogens is 254 g/mol. The minimum atomic E-state index is -3.36. The number of alkyl halides is 2. The summed E-state index contributed by atoms with van der Waals surface area (Å²) in [6.07, 6.45) is 5.27. The number of rotatable bonds is 1. The van der Waals surface area contributed by atoms with E-state index in [9.17, 15) is 13.6 Å². The summed E-state index contributed by atoms with van der Waals surface area (Å²) in [5, 5.41) is 6.66. The van der Waals surface area contributed by atoms with E-state index in [0.29, 0.717) is 11.5 Å². The molecule has 0 radical (unpaired) electrons. The molecule has 104 valence electrons. The van der Waals surface area contributed by atoms with Crippen molar-refractivity contribution in [2.45, 2.75) is 37.6 Å². The lowest BCUT2D eigenvalue weighted by molar-refractivity contribution is -0.140. The van der Waals surface area contributed by atoms with E-state index in [1.165, 1.54) is 13.2 Å². The first kappa shape index (κ1) is 12.4. The van der Waals surface area contributed by atoms with Gasteiger partial charge < -0.3 is 9.80 Å². The molecule has 0 saturated heterocycles. The van der Waals surface area contributed by atoms with Gasteiger partial charge in [0.05, 0.1) is 12.7 Å². The molecule has 0 spiro atoms. The van der Waals surface area contributed by atoms with Crippen LogP contribution in [0, 0.1) is 0 Å². The molecule has 1 aliphatic carbocycles. The fourth-order valence-electron chi connectivity index (χ4n) is 2.97. The van der Waals surface area contributed by atoms with Gasteiger partial charge in [0, 0.05) is 13.1 Å². The van der Waals surface area contributed by atoms with E-state index in [-0.39, 0.29) is 6.04 Å². The van der Waals surface area contributed by atoms with Crippen molar-refractivity contribution in [3.63, 3.8) is 0 Å². The molecule has 19 heavy (non-hydrogen) atoms. The first-order chi connectivity index (χ1) is 9.00. The number of H-pyrrole nitrogens is 1. The molecule has 2 heterocycles. The van der Waals surface area contributed by atoms with Gasteiger partial charge in [0.1, 0.15) is 11.5 Å². The summed E-state index contributed by atoms with van der Waals surface area (Å²) in [7, 11) is 1.36. The standard InChI is InChI=1S/C12H16F2N4O/c1-17-9-6-15-16-10(9)18(8-4-2-3-5-8)7-12(13,14)11(17)19/h6,8H,2-5,7H2,1H3,(H,15,16). The SMILES string of the molecule is CN1C(=O)C(F)(F)CN(C2CCCC2)c2[nH]ncc21. The molecule has 1 saturated carbocycles. The fourth-order valence-corrected chi connectivity index (χ4v) is 2.97. The molecule has 0 atom stereocenters. The lowest BCUT2D eigenvalue weighted by Crippen LogP contribution is -2.48. The third-order valence-corrected chi connectivity index (χ3v) is 4.00. The zero-order valence-electron chi connectivity index (χ0n) is 10.7. The van der Waals surface area contributed by atoms with E-state index in [1.807, 2.05) is 0 Å². The van der Waals surface area contributed by atoms with Gasteiger partial charge in [-0.2, -0.15) is 13.9 Å². The highest BCUT2D eigenvalue weighted by Gasteiger charge is 2.48. The number of carbonyl (C=O) groups excluding carboxylic acids is 1. The second kappa shape index (κ2) is 4.18. The van der Waals surface area contributed by atoms with Crippen LogP contribution in [0.25, 0.3) is 0 Å². The van der Waals surface area contributed by atoms with Crippen LogP contribution in [-0.2, 0) is 4.79 Å². The van der Waals surface area contributed by atoms with Crippen molar-refractivity contribution in [1.82, 2.24) is 10.2 Å². The van der Waals surface area contributed by atoms with Crippen molar-refractivity contribution >= 4 is 17.4 Å². The van der Waals surface area contributed by atoms with E-state index in [2.05, 4.69) is 10.2 Å². The maximum Gasteiger partial charge on any atom is 0.342 e. The average Bonchev–Trinajstić information content (AvgIpc) is 3.03. The van der Waals surface area contributed by atoms with E-state index >= 15 is 0 Å². The van der Waals surface area contributed by atoms with Crippen LogP contribution >= 0.6 is 0 Å². The maximum absolute atomic E-state index is 14.0. The number of amides is 1. The molecule has 3 rings (SSSR count). The van der Waals surface area contributed by atoms with Crippen molar-refractivity contribution < 1.29 is 13.6 Å². The molecular formula is C12H16F2N4O. The van der Waals surface area contributed by atoms with E-state index in [0.717, 1.165) is 30.6 Å². The summed E-state index contributed by atoms with van der Waals surface area (Å²) < 4.78 is 28.0. The molecule has 0 aromatic carbocycles. The summed E-state index contributed by atoms with van der Waals surface area (Å²) in [5.74, 6) is -4.01. The van der Waals surface area contributed by atoms with Crippen molar-refractivity contribution in [1.29, 1.82) is 0 Å². The van der Waals surface area contributed by atoms with Gasteiger partial charge in [-0.3, -0.25) is 9.89 Å². The first-order valence-corrected chi connectivity index (χ1v) is 6.47. The summed E-state index contributed by atoms with van der Waals surface area (Å²) in [6, 6.07) is 0.0596. The molecule has 1 aliphatic heterocycles. The van der Waals surface area contributed by atoms with Gasteiger partial charge in [0.25, 0.3) is 5.91 Å². The summed E-state index contributed by atoms with van der Waals surface area (Å²) in [5.41, 5.74) is 0.425. The molecule has 1 fully saturated rings. The highest BCUT2D eigenvalue weighted by Crippen LogP contribution is 2.38. The second-order valence-electron chi connectivity index (χ2n) is 5.24. The third kappa shape index (κ3) is 1.87. The van der Waals surface area contributed by atoms with Crippen LogP contribution in [0.2, 0.25) is 0 Å². The number of nitrogens with zero attached hydrogens (tertiary/aromatic N) is 3. The highest BCUT2D eigenvalue weighted by molar-refractivity contribution is 6.01. The fraction of sp³-hybridized carbons (Fsp3) is 0.667. The maximum atomic E-state index is 14.0. The Labute approximate surface area is 109 Å². The van der Waals surface area contributed by atoms with Gasteiger partial charge in [-0.05, 0) is 12.8 Å². The first-order valence-electron chi connectivity index (χ1n) is 6.47. The highest BCUT2D eigenvalue weighted by atomic mass is 19.3. The Kier molecular flexibility index (Phi) is 2.72. The van der Waals surface area contributed by atoms with Crippen LogP contribution in [-0.4, -0.2) is 41.7 Å². The van der Waals surface area contributed by atoms with Crippen LogP contribution in [0.4, 0.5) is 20.3 Å². The number of halogens is 2. The number of nitrogens with one attached hydrogen (secondary N) is 1. The normalized spacial score (nSPS) is 23.6. The number of hydrogen-bond donors (Lipinski definition) is 1. The summed E-state index contributed by atoms with van der Waals surface area (Å²) in [6.45, 7) is -0.573. The van der Waals surface area contributed by atoms with Crippen molar-refractivity contribution in [3.05, 3.63) is 6.20 Å². The molecule has 1 aromatic rings. The molecule has 1 N–H and O–H groups in total. The van der Waals surface area contributed by atoms with Crippen molar-refractivity contribution in [2.24, 2.45) is 0 Å². The van der Waals surface area contributed by atoms with Gasteiger partial charge in [0.2, 0.25) is 0 Å². The zero-order chi connectivity index (χ0) is 13.6. The van der Waals surface area contributed by atoms with Gasteiger partial charge in [-0.1, -0.05) is 12.8 Å². The lowest BCUT2D eigenvalue weighted by atomic mass is 10.2. The monoisotopic (exact) mass is 270 g/mol. The van der Waals surface area contributed by atoms with Crippen LogP contribution in [0.5, 0.6) is 0 Å². The van der Waals surface area contributed by atoms with Crippen LogP contribution < -0.4 is 9.80 Å². The van der Waals surface area contributed by atoms with E-state index < -0.39 is 18.4 Å². The van der Waals surface area contributed by atoms with Crippen LogP contribution in [0.3, 0.4) is 0 Å². The van der Waals surface area contributed by atoms with Gasteiger partial charge in [-0.15, -0.1) is 0 Å². The lowest BCUT2D eigenvalue weighted by Gasteiger charge is -2.30. The average molecular weight is 270 g/mol. The number of anilines is 2. The topological polar surface area (TPSA) is 52.2 Å². The number of fused-ring (bicyclic) bond motifs is 1. The van der Waals surface area contributed by atoms with Gasteiger partial charge in [0.15, 0.2) is 0 Å². The minimum absolute atomic E-state index is 0.0596. The molecule has 5 nitrogen and oxygen atoms in total. The number of carbonyl (C=O) groups is 1. The Bertz CT molecular complexity index is 496. The summed E-state index contributed by atoms with van der Waals surface area (Å²) in [4.78, 5) is 14.4. The smallest absolute Gasteiger partial charge is 0.342 e. The van der Waals surface area contributed by atoms with Gasteiger partial charge >= 0.3 is 5.92 Å². The second-order valence-corrected chi connectivity index (χ2v) is 5.24. The number of aromatic nitrogens is 2. The molecule has 7 heteroatoms. The Morgan fingerprint density at radius 2 is 2.11 bits per heavy atom.